The average molecular weight is 254 g/mol. The zero-order valence-electron chi connectivity index (χ0n) is 10.3. The van der Waals surface area contributed by atoms with Crippen molar-refractivity contribution < 1.29 is 0 Å². The number of nitrogens with zero attached hydrogens (tertiary/aromatic N) is 2. The molecule has 0 saturated carbocycles. The lowest BCUT2D eigenvalue weighted by atomic mass is 9.99. The first-order valence-corrected chi connectivity index (χ1v) is 6.62. The molecule has 94 valence electrons. The summed E-state index contributed by atoms with van der Waals surface area (Å²) in [6, 6.07) is 3.99. The van der Waals surface area contributed by atoms with Crippen molar-refractivity contribution >= 4 is 11.6 Å². The molecule has 3 nitrogen and oxygen atoms in total. The van der Waals surface area contributed by atoms with Crippen LogP contribution in [0.2, 0.25) is 5.15 Å². The molecule has 2 rings (SSSR count). The molecule has 1 N–H and O–H groups in total. The molecule has 1 saturated heterocycles. The number of rotatable bonds is 4. The van der Waals surface area contributed by atoms with Crippen LogP contribution >= 0.6 is 11.6 Å². The van der Waals surface area contributed by atoms with E-state index in [9.17, 15) is 0 Å². The molecule has 1 aromatic rings. The Bertz CT molecular complexity index is 350. The van der Waals surface area contributed by atoms with Crippen LogP contribution in [0.1, 0.15) is 18.4 Å². The largest absolute Gasteiger partial charge is 0.316 e. The smallest absolute Gasteiger partial charge is 0.133 e. The Hall–Kier alpha value is -0.640. The second-order valence-corrected chi connectivity index (χ2v) is 5.22. The van der Waals surface area contributed by atoms with E-state index in [0.29, 0.717) is 5.15 Å². The van der Waals surface area contributed by atoms with Gasteiger partial charge in [0.15, 0.2) is 0 Å². The van der Waals surface area contributed by atoms with Gasteiger partial charge in [-0.3, -0.25) is 0 Å². The van der Waals surface area contributed by atoms with Crippen LogP contribution in [-0.2, 0) is 6.54 Å². The SMILES string of the molecule is CN(Cc1cccnc1Cl)CC1CCCNC1. The monoisotopic (exact) mass is 253 g/mol. The second-order valence-electron chi connectivity index (χ2n) is 4.86. The van der Waals surface area contributed by atoms with E-state index in [1.54, 1.807) is 6.20 Å². The van der Waals surface area contributed by atoms with Gasteiger partial charge in [-0.2, -0.15) is 0 Å². The summed E-state index contributed by atoms with van der Waals surface area (Å²) in [5, 5.41) is 4.08. The van der Waals surface area contributed by atoms with E-state index in [1.807, 2.05) is 12.1 Å². The van der Waals surface area contributed by atoms with Crippen molar-refractivity contribution in [3.63, 3.8) is 0 Å². The number of piperidine rings is 1. The first-order chi connectivity index (χ1) is 8.25. The van der Waals surface area contributed by atoms with Gasteiger partial charge in [0.25, 0.3) is 0 Å². The molecule has 0 spiro atoms. The summed E-state index contributed by atoms with van der Waals surface area (Å²) < 4.78 is 0. The first kappa shape index (κ1) is 12.8. The number of pyridine rings is 1. The lowest BCUT2D eigenvalue weighted by Crippen LogP contribution is -2.36. The van der Waals surface area contributed by atoms with Crippen LogP contribution in [0.15, 0.2) is 18.3 Å². The van der Waals surface area contributed by atoms with Crippen LogP contribution in [0.25, 0.3) is 0 Å². The molecule has 2 heterocycles. The topological polar surface area (TPSA) is 28.2 Å². The molecule has 0 bridgehead atoms. The summed E-state index contributed by atoms with van der Waals surface area (Å²) in [5.74, 6) is 0.768. The molecule has 1 fully saturated rings. The van der Waals surface area contributed by atoms with Gasteiger partial charge in [0.2, 0.25) is 0 Å². The third-order valence-corrected chi connectivity index (χ3v) is 3.59. The Labute approximate surface area is 108 Å². The highest BCUT2D eigenvalue weighted by atomic mass is 35.5. The Morgan fingerprint density at radius 2 is 2.47 bits per heavy atom. The Balaban J connectivity index is 1.84. The highest BCUT2D eigenvalue weighted by Crippen LogP contribution is 2.16. The van der Waals surface area contributed by atoms with E-state index in [0.717, 1.165) is 31.1 Å². The molecule has 0 aromatic carbocycles. The van der Waals surface area contributed by atoms with Crippen molar-refractivity contribution in [2.24, 2.45) is 5.92 Å². The Morgan fingerprint density at radius 1 is 1.59 bits per heavy atom. The zero-order valence-corrected chi connectivity index (χ0v) is 11.1. The van der Waals surface area contributed by atoms with E-state index in [1.165, 1.54) is 19.4 Å². The average Bonchev–Trinajstić information content (AvgIpc) is 2.33. The van der Waals surface area contributed by atoms with Gasteiger partial charge in [0.1, 0.15) is 5.15 Å². The van der Waals surface area contributed by atoms with Crippen molar-refractivity contribution in [3.8, 4) is 0 Å². The number of hydrogen-bond donors (Lipinski definition) is 1. The number of nitrogens with one attached hydrogen (secondary N) is 1. The van der Waals surface area contributed by atoms with E-state index in [4.69, 9.17) is 11.6 Å². The maximum absolute atomic E-state index is 6.06. The lowest BCUT2D eigenvalue weighted by molar-refractivity contribution is 0.237. The lowest BCUT2D eigenvalue weighted by Gasteiger charge is -2.27. The standard InChI is InChI=1S/C13H20ClN3/c1-17(9-11-4-2-6-15-8-11)10-12-5-3-7-16-13(12)14/h3,5,7,11,15H,2,4,6,8-10H2,1H3. The van der Waals surface area contributed by atoms with Crippen LogP contribution in [0, 0.1) is 5.92 Å². The van der Waals surface area contributed by atoms with E-state index in [2.05, 4.69) is 22.2 Å². The van der Waals surface area contributed by atoms with Crippen molar-refractivity contribution in [3.05, 3.63) is 29.0 Å². The molecule has 0 radical (unpaired) electrons. The van der Waals surface area contributed by atoms with Crippen molar-refractivity contribution in [1.29, 1.82) is 0 Å². The molecule has 0 aliphatic carbocycles. The van der Waals surface area contributed by atoms with Crippen molar-refractivity contribution in [2.75, 3.05) is 26.7 Å². The van der Waals surface area contributed by atoms with Crippen LogP contribution < -0.4 is 5.32 Å². The Kier molecular flexibility index (Phi) is 4.77. The summed E-state index contributed by atoms with van der Waals surface area (Å²) in [5.41, 5.74) is 1.11. The molecule has 1 unspecified atom stereocenters. The number of aromatic nitrogens is 1. The van der Waals surface area contributed by atoms with E-state index >= 15 is 0 Å². The zero-order chi connectivity index (χ0) is 12.1. The van der Waals surface area contributed by atoms with Crippen LogP contribution in [0.5, 0.6) is 0 Å². The van der Waals surface area contributed by atoms with Gasteiger partial charge in [-0.1, -0.05) is 17.7 Å². The minimum atomic E-state index is 0.626. The predicted molar refractivity (Wildman–Crippen MR) is 71.2 cm³/mol. The molecular weight excluding hydrogens is 234 g/mol. The maximum Gasteiger partial charge on any atom is 0.133 e. The van der Waals surface area contributed by atoms with E-state index in [-0.39, 0.29) is 0 Å². The minimum Gasteiger partial charge on any atom is -0.316 e. The van der Waals surface area contributed by atoms with Gasteiger partial charge in [-0.25, -0.2) is 4.98 Å². The Morgan fingerprint density at radius 3 is 3.18 bits per heavy atom. The van der Waals surface area contributed by atoms with Gasteiger partial charge in [0.05, 0.1) is 0 Å². The van der Waals surface area contributed by atoms with E-state index < -0.39 is 0 Å². The number of halogens is 1. The molecule has 1 atom stereocenters. The summed E-state index contributed by atoms with van der Waals surface area (Å²) in [6.45, 7) is 4.32. The third kappa shape index (κ3) is 3.95. The second kappa shape index (κ2) is 6.34. The van der Waals surface area contributed by atoms with Gasteiger partial charge in [-0.05, 0) is 45.0 Å². The molecule has 4 heteroatoms. The summed E-state index contributed by atoms with van der Waals surface area (Å²) in [7, 11) is 2.15. The summed E-state index contributed by atoms with van der Waals surface area (Å²) in [4.78, 5) is 6.44. The highest BCUT2D eigenvalue weighted by Gasteiger charge is 2.15. The van der Waals surface area contributed by atoms with Gasteiger partial charge in [0, 0.05) is 24.8 Å². The molecule has 0 amide bonds. The van der Waals surface area contributed by atoms with Crippen molar-refractivity contribution in [2.45, 2.75) is 19.4 Å². The minimum absolute atomic E-state index is 0.626. The van der Waals surface area contributed by atoms with Crippen LogP contribution in [0.4, 0.5) is 0 Å². The molecular formula is C13H20ClN3. The predicted octanol–water partition coefficient (Wildman–Crippen LogP) is 2.17. The summed E-state index contributed by atoms with van der Waals surface area (Å²) in [6.07, 6.45) is 4.36. The molecule has 1 aliphatic heterocycles. The molecule has 1 aromatic heterocycles. The van der Waals surface area contributed by atoms with Crippen LogP contribution in [0.3, 0.4) is 0 Å². The highest BCUT2D eigenvalue weighted by molar-refractivity contribution is 6.30. The van der Waals surface area contributed by atoms with Crippen molar-refractivity contribution in [1.82, 2.24) is 15.2 Å². The van der Waals surface area contributed by atoms with Gasteiger partial charge in [-0.15, -0.1) is 0 Å². The first-order valence-electron chi connectivity index (χ1n) is 6.24. The van der Waals surface area contributed by atoms with Gasteiger partial charge < -0.3 is 10.2 Å². The molecule has 17 heavy (non-hydrogen) atoms. The quantitative estimate of drug-likeness (QED) is 0.834. The maximum atomic E-state index is 6.06. The third-order valence-electron chi connectivity index (χ3n) is 3.25. The fraction of sp³-hybridized carbons (Fsp3) is 0.615. The van der Waals surface area contributed by atoms with Gasteiger partial charge >= 0.3 is 0 Å². The number of hydrogen-bond acceptors (Lipinski definition) is 3. The van der Waals surface area contributed by atoms with Crippen LogP contribution in [-0.4, -0.2) is 36.6 Å². The normalized spacial score (nSPS) is 20.8. The fourth-order valence-corrected chi connectivity index (χ4v) is 2.59. The molecule has 1 aliphatic rings. The summed E-state index contributed by atoms with van der Waals surface area (Å²) >= 11 is 6.06. The fourth-order valence-electron chi connectivity index (χ4n) is 2.41.